The summed E-state index contributed by atoms with van der Waals surface area (Å²) in [6, 6.07) is 0. The Morgan fingerprint density at radius 3 is 2.33 bits per heavy atom. The van der Waals surface area contributed by atoms with Gasteiger partial charge in [-0.1, -0.05) is 41.9 Å². The highest BCUT2D eigenvalue weighted by Crippen LogP contribution is 2.22. The third-order valence-corrected chi connectivity index (χ3v) is 2.79. The van der Waals surface area contributed by atoms with E-state index in [9.17, 15) is 0 Å². The van der Waals surface area contributed by atoms with Crippen LogP contribution in [0.2, 0.25) is 0 Å². The number of hydrogen-bond donors (Lipinski definition) is 0. The molecule has 0 fully saturated rings. The lowest BCUT2D eigenvalue weighted by atomic mass is 9.92. The molecule has 0 saturated heterocycles. The lowest BCUT2D eigenvalue weighted by Crippen LogP contribution is -2.10. The van der Waals surface area contributed by atoms with Gasteiger partial charge in [0.15, 0.2) is 0 Å². The van der Waals surface area contributed by atoms with Crippen LogP contribution in [0.5, 0.6) is 0 Å². The SMILES string of the molecule is C/C=C/CC(C)(C)CBr. The van der Waals surface area contributed by atoms with Crippen molar-refractivity contribution >= 4 is 15.9 Å². The van der Waals surface area contributed by atoms with Gasteiger partial charge in [0.25, 0.3) is 0 Å². The van der Waals surface area contributed by atoms with Gasteiger partial charge in [0.1, 0.15) is 0 Å². The maximum atomic E-state index is 3.47. The van der Waals surface area contributed by atoms with E-state index in [-0.39, 0.29) is 0 Å². The molecule has 0 spiro atoms. The van der Waals surface area contributed by atoms with Crippen LogP contribution in [0.15, 0.2) is 12.2 Å². The standard InChI is InChI=1S/C8H15Br/c1-4-5-6-8(2,3)7-9/h4-5H,6-7H2,1-3H3/b5-4+. The van der Waals surface area contributed by atoms with E-state index >= 15 is 0 Å². The van der Waals surface area contributed by atoms with Gasteiger partial charge in [-0.15, -0.1) is 0 Å². The van der Waals surface area contributed by atoms with Crippen LogP contribution in [-0.4, -0.2) is 5.33 Å². The molecular weight excluding hydrogens is 176 g/mol. The van der Waals surface area contributed by atoms with Crippen molar-refractivity contribution in [2.24, 2.45) is 5.41 Å². The molecule has 0 aromatic heterocycles. The third-order valence-electron chi connectivity index (χ3n) is 1.27. The van der Waals surface area contributed by atoms with Gasteiger partial charge in [-0.05, 0) is 18.8 Å². The van der Waals surface area contributed by atoms with E-state index in [0.29, 0.717) is 5.41 Å². The summed E-state index contributed by atoms with van der Waals surface area (Å²) in [5, 5.41) is 1.07. The monoisotopic (exact) mass is 190 g/mol. The molecule has 0 rings (SSSR count). The molecule has 0 radical (unpaired) electrons. The summed E-state index contributed by atoms with van der Waals surface area (Å²) in [7, 11) is 0. The van der Waals surface area contributed by atoms with Gasteiger partial charge in [-0.3, -0.25) is 0 Å². The van der Waals surface area contributed by atoms with Gasteiger partial charge in [-0.2, -0.15) is 0 Å². The number of hydrogen-bond acceptors (Lipinski definition) is 0. The molecule has 0 heterocycles. The van der Waals surface area contributed by atoms with Crippen LogP contribution in [0, 0.1) is 5.41 Å². The zero-order valence-electron chi connectivity index (χ0n) is 6.45. The smallest absolute Gasteiger partial charge is 0.00856 e. The van der Waals surface area contributed by atoms with Crippen molar-refractivity contribution < 1.29 is 0 Å². The van der Waals surface area contributed by atoms with Crippen molar-refractivity contribution in [1.82, 2.24) is 0 Å². The van der Waals surface area contributed by atoms with Crippen LogP contribution in [-0.2, 0) is 0 Å². The topological polar surface area (TPSA) is 0 Å². The Bertz CT molecular complexity index is 92.7. The first kappa shape index (κ1) is 9.22. The Hall–Kier alpha value is 0.220. The summed E-state index contributed by atoms with van der Waals surface area (Å²) in [5.74, 6) is 0. The van der Waals surface area contributed by atoms with E-state index in [1.165, 1.54) is 0 Å². The normalized spacial score (nSPS) is 12.9. The van der Waals surface area contributed by atoms with Crippen molar-refractivity contribution in [3.8, 4) is 0 Å². The Kier molecular flexibility index (Phi) is 4.20. The van der Waals surface area contributed by atoms with Crippen LogP contribution in [0.1, 0.15) is 27.2 Å². The summed E-state index contributed by atoms with van der Waals surface area (Å²) < 4.78 is 0. The maximum absolute atomic E-state index is 3.47. The fraction of sp³-hybridized carbons (Fsp3) is 0.750. The highest BCUT2D eigenvalue weighted by atomic mass is 79.9. The molecule has 0 N–H and O–H groups in total. The summed E-state index contributed by atoms with van der Waals surface area (Å²) in [6.45, 7) is 6.56. The van der Waals surface area contributed by atoms with Crippen molar-refractivity contribution in [1.29, 1.82) is 0 Å². The Balaban J connectivity index is 3.58. The molecule has 0 unspecified atom stereocenters. The molecule has 0 aliphatic carbocycles. The molecule has 0 aromatic carbocycles. The Morgan fingerprint density at radius 1 is 1.44 bits per heavy atom. The van der Waals surface area contributed by atoms with E-state index in [1.807, 2.05) is 0 Å². The van der Waals surface area contributed by atoms with Crippen LogP contribution in [0.3, 0.4) is 0 Å². The average Bonchev–Trinajstić information content (AvgIpc) is 1.84. The first-order valence-corrected chi connectivity index (χ1v) is 4.41. The number of rotatable bonds is 3. The second kappa shape index (κ2) is 4.10. The molecule has 0 nitrogen and oxygen atoms in total. The maximum Gasteiger partial charge on any atom is 0.00856 e. The first-order chi connectivity index (χ1) is 4.12. The van der Waals surface area contributed by atoms with Gasteiger partial charge < -0.3 is 0 Å². The van der Waals surface area contributed by atoms with Crippen LogP contribution in [0.4, 0.5) is 0 Å². The van der Waals surface area contributed by atoms with E-state index in [1.54, 1.807) is 0 Å². The fourth-order valence-corrected chi connectivity index (χ4v) is 0.720. The molecule has 1 heteroatoms. The predicted octanol–water partition coefficient (Wildman–Crippen LogP) is 3.37. The minimum Gasteiger partial charge on any atom is -0.0922 e. The van der Waals surface area contributed by atoms with Gasteiger partial charge >= 0.3 is 0 Å². The number of alkyl halides is 1. The largest absolute Gasteiger partial charge is 0.0922 e. The predicted molar refractivity (Wildman–Crippen MR) is 47.0 cm³/mol. The summed E-state index contributed by atoms with van der Waals surface area (Å²) >= 11 is 3.47. The fourth-order valence-electron chi connectivity index (χ4n) is 0.491. The zero-order chi connectivity index (χ0) is 7.33. The zero-order valence-corrected chi connectivity index (χ0v) is 8.03. The molecule has 0 aliphatic heterocycles. The number of allylic oxidation sites excluding steroid dienone is 2. The van der Waals surface area contributed by atoms with Gasteiger partial charge in [0.2, 0.25) is 0 Å². The minimum absolute atomic E-state index is 0.423. The summed E-state index contributed by atoms with van der Waals surface area (Å²) in [5.41, 5.74) is 0.423. The van der Waals surface area contributed by atoms with Crippen LogP contribution >= 0.6 is 15.9 Å². The van der Waals surface area contributed by atoms with Crippen LogP contribution in [0.25, 0.3) is 0 Å². The lowest BCUT2D eigenvalue weighted by Gasteiger charge is -2.18. The van der Waals surface area contributed by atoms with Gasteiger partial charge in [0, 0.05) is 5.33 Å². The molecule has 0 bridgehead atoms. The number of halogens is 1. The third kappa shape index (κ3) is 4.71. The van der Waals surface area contributed by atoms with Crippen LogP contribution < -0.4 is 0 Å². The second-order valence-corrected chi connectivity index (χ2v) is 3.63. The molecule has 0 atom stereocenters. The quantitative estimate of drug-likeness (QED) is 0.473. The molecule has 0 aliphatic rings. The molecule has 0 amide bonds. The van der Waals surface area contributed by atoms with E-state index < -0.39 is 0 Å². The molecule has 54 valence electrons. The minimum atomic E-state index is 0.423. The van der Waals surface area contributed by atoms with Crippen molar-refractivity contribution in [2.45, 2.75) is 27.2 Å². The Labute approximate surface area is 66.5 Å². The molecular formula is C8H15Br. The molecule has 0 aromatic rings. The van der Waals surface area contributed by atoms with E-state index in [2.05, 4.69) is 48.9 Å². The molecule has 9 heavy (non-hydrogen) atoms. The van der Waals surface area contributed by atoms with Gasteiger partial charge in [-0.25, -0.2) is 0 Å². The van der Waals surface area contributed by atoms with E-state index in [0.717, 1.165) is 11.8 Å². The molecule has 0 saturated carbocycles. The van der Waals surface area contributed by atoms with Gasteiger partial charge in [0.05, 0.1) is 0 Å². The highest BCUT2D eigenvalue weighted by molar-refractivity contribution is 9.09. The van der Waals surface area contributed by atoms with Crippen molar-refractivity contribution in [3.05, 3.63) is 12.2 Å². The average molecular weight is 191 g/mol. The lowest BCUT2D eigenvalue weighted by molar-refractivity contribution is 0.434. The first-order valence-electron chi connectivity index (χ1n) is 3.29. The van der Waals surface area contributed by atoms with Crippen molar-refractivity contribution in [2.75, 3.05) is 5.33 Å². The Morgan fingerprint density at radius 2 is 2.00 bits per heavy atom. The second-order valence-electron chi connectivity index (χ2n) is 3.07. The van der Waals surface area contributed by atoms with E-state index in [4.69, 9.17) is 0 Å². The highest BCUT2D eigenvalue weighted by Gasteiger charge is 2.12. The summed E-state index contributed by atoms with van der Waals surface area (Å²) in [6.07, 6.45) is 5.47. The van der Waals surface area contributed by atoms with Crippen molar-refractivity contribution in [3.63, 3.8) is 0 Å². The summed E-state index contributed by atoms with van der Waals surface area (Å²) in [4.78, 5) is 0.